The minimum Gasteiger partial charge on any atom is -0.302 e. The third kappa shape index (κ3) is 3.01. The van der Waals surface area contributed by atoms with Crippen LogP contribution in [0.3, 0.4) is 0 Å². The van der Waals surface area contributed by atoms with Crippen LogP contribution >= 0.6 is 0 Å². The zero-order valence-electron chi connectivity index (χ0n) is 11.1. The molecule has 0 amide bonds. The fraction of sp³-hybridized carbons (Fsp3) is 1.00. The zero-order chi connectivity index (χ0) is 11.5. The summed E-state index contributed by atoms with van der Waals surface area (Å²) in [6.45, 7) is 10.7. The van der Waals surface area contributed by atoms with E-state index in [0.717, 1.165) is 6.04 Å². The van der Waals surface area contributed by atoms with Gasteiger partial charge in [0, 0.05) is 38.8 Å². The maximum absolute atomic E-state index is 2.71. The van der Waals surface area contributed by atoms with Crippen molar-refractivity contribution in [3.05, 3.63) is 0 Å². The van der Waals surface area contributed by atoms with Crippen molar-refractivity contribution in [1.82, 2.24) is 14.7 Å². The molecule has 3 rings (SSSR count). The molecule has 3 aliphatic rings. The summed E-state index contributed by atoms with van der Waals surface area (Å²) in [6.07, 6.45) is 7.19. The van der Waals surface area contributed by atoms with E-state index in [4.69, 9.17) is 0 Å². The van der Waals surface area contributed by atoms with E-state index in [9.17, 15) is 0 Å². The molecule has 3 fully saturated rings. The van der Waals surface area contributed by atoms with Crippen LogP contribution in [0.1, 0.15) is 32.1 Å². The van der Waals surface area contributed by atoms with E-state index in [2.05, 4.69) is 14.7 Å². The van der Waals surface area contributed by atoms with E-state index >= 15 is 0 Å². The van der Waals surface area contributed by atoms with E-state index in [0.29, 0.717) is 0 Å². The number of piperidine rings is 1. The van der Waals surface area contributed by atoms with Gasteiger partial charge in [0.1, 0.15) is 0 Å². The Balaban J connectivity index is 1.40. The fourth-order valence-electron chi connectivity index (χ4n) is 3.72. The number of nitrogens with zero attached hydrogens (tertiary/aromatic N) is 3. The highest BCUT2D eigenvalue weighted by Crippen LogP contribution is 2.21. The van der Waals surface area contributed by atoms with Crippen LogP contribution in [0.5, 0.6) is 0 Å². The largest absolute Gasteiger partial charge is 0.302 e. The highest BCUT2D eigenvalue weighted by atomic mass is 15.3. The summed E-state index contributed by atoms with van der Waals surface area (Å²) in [7, 11) is 0. The maximum Gasteiger partial charge on any atom is 0.0224 e. The van der Waals surface area contributed by atoms with E-state index in [1.54, 1.807) is 0 Å². The minimum absolute atomic E-state index is 0.894. The van der Waals surface area contributed by atoms with Crippen LogP contribution in [-0.2, 0) is 0 Å². The van der Waals surface area contributed by atoms with Crippen molar-refractivity contribution in [3.8, 4) is 0 Å². The molecule has 0 spiro atoms. The molecule has 3 heterocycles. The molecule has 0 aliphatic carbocycles. The zero-order valence-corrected chi connectivity index (χ0v) is 11.1. The lowest BCUT2D eigenvalue weighted by Crippen LogP contribution is -2.51. The van der Waals surface area contributed by atoms with Crippen LogP contribution in [0.15, 0.2) is 0 Å². The van der Waals surface area contributed by atoms with Gasteiger partial charge in [-0.05, 0) is 45.3 Å². The molecule has 0 saturated carbocycles. The Morgan fingerprint density at radius 3 is 2.41 bits per heavy atom. The van der Waals surface area contributed by atoms with Crippen LogP contribution in [0.2, 0.25) is 0 Å². The third-order valence-electron chi connectivity index (χ3n) is 4.85. The van der Waals surface area contributed by atoms with Crippen LogP contribution in [0, 0.1) is 0 Å². The van der Waals surface area contributed by atoms with Crippen LogP contribution in [0.4, 0.5) is 0 Å². The van der Waals surface area contributed by atoms with Gasteiger partial charge < -0.3 is 4.90 Å². The summed E-state index contributed by atoms with van der Waals surface area (Å²) < 4.78 is 0. The standard InChI is InChI=1S/C14H27N3/c1-2-6-15(7-3-1)9-10-16-11-12-17-8-4-5-14(17)13-16/h14H,1-13H2. The topological polar surface area (TPSA) is 9.72 Å². The smallest absolute Gasteiger partial charge is 0.0224 e. The second kappa shape index (κ2) is 5.68. The molecular formula is C14H27N3. The summed E-state index contributed by atoms with van der Waals surface area (Å²) in [5.74, 6) is 0. The van der Waals surface area contributed by atoms with Crippen molar-refractivity contribution in [2.45, 2.75) is 38.1 Å². The van der Waals surface area contributed by atoms with Crippen molar-refractivity contribution < 1.29 is 0 Å². The van der Waals surface area contributed by atoms with E-state index in [1.165, 1.54) is 84.5 Å². The highest BCUT2D eigenvalue weighted by Gasteiger charge is 2.30. The lowest BCUT2D eigenvalue weighted by molar-refractivity contribution is 0.0909. The van der Waals surface area contributed by atoms with Gasteiger partial charge >= 0.3 is 0 Å². The fourth-order valence-corrected chi connectivity index (χ4v) is 3.72. The summed E-state index contributed by atoms with van der Waals surface area (Å²) >= 11 is 0. The van der Waals surface area contributed by atoms with Gasteiger partial charge in [0.2, 0.25) is 0 Å². The van der Waals surface area contributed by atoms with Gasteiger partial charge in [-0.3, -0.25) is 9.80 Å². The van der Waals surface area contributed by atoms with Gasteiger partial charge in [-0.15, -0.1) is 0 Å². The van der Waals surface area contributed by atoms with Gasteiger partial charge in [-0.25, -0.2) is 0 Å². The Morgan fingerprint density at radius 2 is 1.53 bits per heavy atom. The summed E-state index contributed by atoms with van der Waals surface area (Å²) in [5.41, 5.74) is 0. The first-order valence-corrected chi connectivity index (χ1v) is 7.60. The normalized spacial score (nSPS) is 32.8. The molecule has 0 N–H and O–H groups in total. The van der Waals surface area contributed by atoms with Gasteiger partial charge in [-0.2, -0.15) is 0 Å². The Kier molecular flexibility index (Phi) is 3.99. The first kappa shape index (κ1) is 11.9. The highest BCUT2D eigenvalue weighted by molar-refractivity contribution is 4.87. The molecule has 0 aromatic rings. The summed E-state index contributed by atoms with van der Waals surface area (Å²) in [5, 5.41) is 0. The molecule has 3 saturated heterocycles. The summed E-state index contributed by atoms with van der Waals surface area (Å²) in [6, 6.07) is 0.894. The summed E-state index contributed by atoms with van der Waals surface area (Å²) in [4.78, 5) is 8.09. The van der Waals surface area contributed by atoms with E-state index < -0.39 is 0 Å². The average Bonchev–Trinajstić information content (AvgIpc) is 2.85. The van der Waals surface area contributed by atoms with Crippen LogP contribution in [0.25, 0.3) is 0 Å². The Hall–Kier alpha value is -0.120. The SMILES string of the molecule is C1CCN(CCN2CCN3CCCC3C2)CC1. The molecule has 0 radical (unpaired) electrons. The van der Waals surface area contributed by atoms with E-state index in [1.807, 2.05) is 0 Å². The van der Waals surface area contributed by atoms with Crippen LogP contribution < -0.4 is 0 Å². The molecular weight excluding hydrogens is 210 g/mol. The Labute approximate surface area is 106 Å². The quantitative estimate of drug-likeness (QED) is 0.731. The lowest BCUT2D eigenvalue weighted by Gasteiger charge is -2.38. The predicted octanol–water partition coefficient (Wildman–Crippen LogP) is 1.25. The predicted molar refractivity (Wildman–Crippen MR) is 71.3 cm³/mol. The molecule has 0 aromatic heterocycles. The number of hydrogen-bond donors (Lipinski definition) is 0. The first-order valence-electron chi connectivity index (χ1n) is 7.60. The number of fused-ring (bicyclic) bond motifs is 1. The Morgan fingerprint density at radius 1 is 0.706 bits per heavy atom. The van der Waals surface area contributed by atoms with Crippen molar-refractivity contribution in [2.24, 2.45) is 0 Å². The van der Waals surface area contributed by atoms with Crippen molar-refractivity contribution >= 4 is 0 Å². The minimum atomic E-state index is 0.894. The second-order valence-corrected chi connectivity index (χ2v) is 6.03. The maximum atomic E-state index is 2.71. The van der Waals surface area contributed by atoms with E-state index in [-0.39, 0.29) is 0 Å². The number of likely N-dealkylation sites (tertiary alicyclic amines) is 1. The molecule has 1 atom stereocenters. The molecule has 3 heteroatoms. The van der Waals surface area contributed by atoms with Gasteiger partial charge in [0.25, 0.3) is 0 Å². The van der Waals surface area contributed by atoms with Crippen molar-refractivity contribution in [1.29, 1.82) is 0 Å². The number of piperazine rings is 1. The molecule has 0 bridgehead atoms. The monoisotopic (exact) mass is 237 g/mol. The van der Waals surface area contributed by atoms with Crippen molar-refractivity contribution in [2.75, 3.05) is 52.4 Å². The molecule has 3 nitrogen and oxygen atoms in total. The number of rotatable bonds is 3. The van der Waals surface area contributed by atoms with Gasteiger partial charge in [0.05, 0.1) is 0 Å². The lowest BCUT2D eigenvalue weighted by atomic mass is 10.1. The second-order valence-electron chi connectivity index (χ2n) is 6.03. The third-order valence-corrected chi connectivity index (χ3v) is 4.85. The first-order chi connectivity index (χ1) is 8.42. The average molecular weight is 237 g/mol. The molecule has 17 heavy (non-hydrogen) atoms. The van der Waals surface area contributed by atoms with Crippen LogP contribution in [-0.4, -0.2) is 73.1 Å². The van der Waals surface area contributed by atoms with Gasteiger partial charge in [-0.1, -0.05) is 6.42 Å². The Bertz CT molecular complexity index is 238. The molecule has 1 unspecified atom stereocenters. The molecule has 0 aromatic carbocycles. The molecule has 98 valence electrons. The van der Waals surface area contributed by atoms with Gasteiger partial charge in [0.15, 0.2) is 0 Å². The van der Waals surface area contributed by atoms with Crippen molar-refractivity contribution in [3.63, 3.8) is 0 Å². The number of hydrogen-bond acceptors (Lipinski definition) is 3. The molecule has 3 aliphatic heterocycles.